The molecule has 0 aromatic heterocycles. The maximum absolute atomic E-state index is 9.58. The van der Waals surface area contributed by atoms with Gasteiger partial charge in [-0.3, -0.25) is 0 Å². The second-order valence-electron chi connectivity index (χ2n) is 4.38. The number of hydrogen-bond donors (Lipinski definition) is 2. The maximum atomic E-state index is 9.58. The molecule has 0 spiro atoms. The van der Waals surface area contributed by atoms with Gasteiger partial charge >= 0.3 is 0 Å². The Hall–Kier alpha value is -1.65. The van der Waals surface area contributed by atoms with Crippen molar-refractivity contribution in [1.29, 1.82) is 0 Å². The molecule has 2 aromatic carbocycles. The van der Waals surface area contributed by atoms with Crippen LogP contribution < -0.4 is 10.1 Å². The zero-order valence-electron chi connectivity index (χ0n) is 11.7. The van der Waals surface area contributed by atoms with E-state index in [9.17, 15) is 5.11 Å². The lowest BCUT2D eigenvalue weighted by molar-refractivity contribution is 0.276. The molecule has 2 N–H and O–H groups in total. The number of aliphatic hydroxyl groups is 1. The number of nitrogens with one attached hydrogen (secondary N) is 1. The van der Waals surface area contributed by atoms with Crippen LogP contribution >= 0.6 is 11.8 Å². The Morgan fingerprint density at radius 3 is 2.25 bits per heavy atom. The summed E-state index contributed by atoms with van der Waals surface area (Å²) in [4.78, 5) is 1.22. The van der Waals surface area contributed by atoms with Crippen molar-refractivity contribution in [2.75, 3.05) is 25.3 Å². The van der Waals surface area contributed by atoms with Gasteiger partial charge in [-0.05, 0) is 48.2 Å². The SMILES string of the molecule is COc1ccc(NC(CO)c2ccc(SC)cc2)cc1. The number of rotatable bonds is 6. The van der Waals surface area contributed by atoms with Gasteiger partial charge in [0.05, 0.1) is 19.8 Å². The molecule has 0 bridgehead atoms. The van der Waals surface area contributed by atoms with Crippen LogP contribution in [0.3, 0.4) is 0 Å². The van der Waals surface area contributed by atoms with Gasteiger partial charge < -0.3 is 15.2 Å². The summed E-state index contributed by atoms with van der Waals surface area (Å²) in [6, 6.07) is 15.8. The quantitative estimate of drug-likeness (QED) is 0.798. The number of anilines is 1. The van der Waals surface area contributed by atoms with Crippen LogP contribution in [0, 0.1) is 0 Å². The Bertz CT molecular complexity index is 525. The minimum atomic E-state index is -0.112. The van der Waals surface area contributed by atoms with Crippen LogP contribution in [-0.4, -0.2) is 25.1 Å². The van der Waals surface area contributed by atoms with Gasteiger partial charge in [-0.15, -0.1) is 11.8 Å². The average Bonchev–Trinajstić information content (AvgIpc) is 2.53. The number of thioether (sulfide) groups is 1. The summed E-state index contributed by atoms with van der Waals surface area (Å²) >= 11 is 1.71. The normalized spacial score (nSPS) is 11.9. The molecule has 0 amide bonds. The molecule has 20 heavy (non-hydrogen) atoms. The third-order valence-corrected chi connectivity index (χ3v) is 3.88. The fourth-order valence-corrected chi connectivity index (χ4v) is 2.37. The minimum absolute atomic E-state index is 0.0463. The zero-order valence-corrected chi connectivity index (χ0v) is 12.5. The third kappa shape index (κ3) is 3.68. The molecule has 0 fully saturated rings. The predicted molar refractivity (Wildman–Crippen MR) is 84.7 cm³/mol. The smallest absolute Gasteiger partial charge is 0.119 e. The van der Waals surface area contributed by atoms with Gasteiger partial charge in [0.15, 0.2) is 0 Å². The van der Waals surface area contributed by atoms with Gasteiger partial charge in [0, 0.05) is 10.6 Å². The van der Waals surface area contributed by atoms with Crippen molar-refractivity contribution >= 4 is 17.4 Å². The predicted octanol–water partition coefficient (Wildman–Crippen LogP) is 3.56. The van der Waals surface area contributed by atoms with Crippen molar-refractivity contribution in [3.8, 4) is 5.75 Å². The first-order chi connectivity index (χ1) is 9.76. The first-order valence-corrected chi connectivity index (χ1v) is 7.64. The maximum Gasteiger partial charge on any atom is 0.119 e. The summed E-state index contributed by atoms with van der Waals surface area (Å²) in [5.74, 6) is 0.820. The molecule has 4 heteroatoms. The summed E-state index contributed by atoms with van der Waals surface area (Å²) in [5.41, 5.74) is 2.03. The lowest BCUT2D eigenvalue weighted by Gasteiger charge is -2.18. The van der Waals surface area contributed by atoms with E-state index in [0.717, 1.165) is 17.0 Å². The van der Waals surface area contributed by atoms with E-state index < -0.39 is 0 Å². The van der Waals surface area contributed by atoms with Gasteiger partial charge in [-0.2, -0.15) is 0 Å². The van der Waals surface area contributed by atoms with Gasteiger partial charge in [0.1, 0.15) is 5.75 Å². The Balaban J connectivity index is 2.10. The first kappa shape index (κ1) is 14.8. The van der Waals surface area contributed by atoms with Crippen molar-refractivity contribution in [3.63, 3.8) is 0 Å². The number of aliphatic hydroxyl groups excluding tert-OH is 1. The highest BCUT2D eigenvalue weighted by Gasteiger charge is 2.10. The second-order valence-corrected chi connectivity index (χ2v) is 5.26. The van der Waals surface area contributed by atoms with Crippen molar-refractivity contribution in [3.05, 3.63) is 54.1 Å². The molecule has 3 nitrogen and oxygen atoms in total. The number of ether oxygens (including phenoxy) is 1. The Labute approximate surface area is 124 Å². The van der Waals surface area contributed by atoms with E-state index in [1.807, 2.05) is 42.7 Å². The monoisotopic (exact) mass is 289 g/mol. The van der Waals surface area contributed by atoms with Crippen LogP contribution in [-0.2, 0) is 0 Å². The van der Waals surface area contributed by atoms with Gasteiger partial charge in [-0.1, -0.05) is 12.1 Å². The third-order valence-electron chi connectivity index (χ3n) is 3.13. The summed E-state index contributed by atoms with van der Waals surface area (Å²) in [6.45, 7) is 0.0463. The number of methoxy groups -OCH3 is 1. The molecular weight excluding hydrogens is 270 g/mol. The van der Waals surface area contributed by atoms with E-state index >= 15 is 0 Å². The highest BCUT2D eigenvalue weighted by Crippen LogP contribution is 2.23. The van der Waals surface area contributed by atoms with Crippen LogP contribution in [0.25, 0.3) is 0 Å². The topological polar surface area (TPSA) is 41.5 Å². The molecular formula is C16H19NO2S. The number of hydrogen-bond acceptors (Lipinski definition) is 4. The summed E-state index contributed by atoms with van der Waals surface area (Å²) in [6.07, 6.45) is 2.05. The van der Waals surface area contributed by atoms with Crippen LogP contribution in [0.4, 0.5) is 5.69 Å². The highest BCUT2D eigenvalue weighted by atomic mass is 32.2. The van der Waals surface area contributed by atoms with Crippen molar-refractivity contribution in [2.45, 2.75) is 10.9 Å². The molecule has 0 saturated heterocycles. The summed E-state index contributed by atoms with van der Waals surface area (Å²) in [7, 11) is 1.65. The van der Waals surface area contributed by atoms with E-state index in [4.69, 9.17) is 4.74 Å². The van der Waals surface area contributed by atoms with Gasteiger partial charge in [0.25, 0.3) is 0 Å². The Kier molecular flexibility index (Phi) is 5.32. The molecule has 0 aliphatic rings. The molecule has 0 aliphatic carbocycles. The molecule has 2 rings (SSSR count). The molecule has 0 saturated carbocycles. The fourth-order valence-electron chi connectivity index (χ4n) is 1.96. The van der Waals surface area contributed by atoms with E-state index in [1.54, 1.807) is 18.9 Å². The van der Waals surface area contributed by atoms with E-state index in [0.29, 0.717) is 0 Å². The van der Waals surface area contributed by atoms with Crippen molar-refractivity contribution < 1.29 is 9.84 Å². The lowest BCUT2D eigenvalue weighted by atomic mass is 10.1. The molecule has 1 atom stereocenters. The Morgan fingerprint density at radius 2 is 1.75 bits per heavy atom. The molecule has 0 aliphatic heterocycles. The molecule has 1 unspecified atom stereocenters. The molecule has 0 heterocycles. The first-order valence-electron chi connectivity index (χ1n) is 6.42. The molecule has 2 aromatic rings. The Morgan fingerprint density at radius 1 is 1.10 bits per heavy atom. The van der Waals surface area contributed by atoms with E-state index in [1.165, 1.54) is 4.90 Å². The highest BCUT2D eigenvalue weighted by molar-refractivity contribution is 7.98. The summed E-state index contributed by atoms with van der Waals surface area (Å²) < 4.78 is 5.13. The van der Waals surface area contributed by atoms with E-state index in [2.05, 4.69) is 17.4 Å². The second kappa shape index (κ2) is 7.22. The van der Waals surface area contributed by atoms with Crippen LogP contribution in [0.1, 0.15) is 11.6 Å². The molecule has 106 valence electrons. The van der Waals surface area contributed by atoms with Crippen LogP contribution in [0.15, 0.2) is 53.4 Å². The standard InChI is InChI=1S/C16H19NO2S/c1-19-14-7-5-13(6-8-14)17-16(11-18)12-3-9-15(20-2)10-4-12/h3-10,16-18H,11H2,1-2H3. The number of benzene rings is 2. The lowest BCUT2D eigenvalue weighted by Crippen LogP contribution is -2.14. The van der Waals surface area contributed by atoms with Crippen LogP contribution in [0.5, 0.6) is 5.75 Å². The van der Waals surface area contributed by atoms with Crippen molar-refractivity contribution in [2.24, 2.45) is 0 Å². The van der Waals surface area contributed by atoms with Gasteiger partial charge in [0.2, 0.25) is 0 Å². The zero-order chi connectivity index (χ0) is 14.4. The largest absolute Gasteiger partial charge is 0.497 e. The fraction of sp³-hybridized carbons (Fsp3) is 0.250. The van der Waals surface area contributed by atoms with E-state index in [-0.39, 0.29) is 12.6 Å². The molecule has 0 radical (unpaired) electrons. The van der Waals surface area contributed by atoms with Crippen molar-refractivity contribution in [1.82, 2.24) is 0 Å². The average molecular weight is 289 g/mol. The summed E-state index contributed by atoms with van der Waals surface area (Å²) in [5, 5.41) is 12.9. The van der Waals surface area contributed by atoms with Crippen LogP contribution in [0.2, 0.25) is 0 Å². The minimum Gasteiger partial charge on any atom is -0.497 e. The van der Waals surface area contributed by atoms with Gasteiger partial charge in [-0.25, -0.2) is 0 Å².